The van der Waals surface area contributed by atoms with Crippen LogP contribution < -0.4 is 10.1 Å². The van der Waals surface area contributed by atoms with E-state index in [0.717, 1.165) is 29.2 Å². The Bertz CT molecular complexity index is 1290. The van der Waals surface area contributed by atoms with Gasteiger partial charge < -0.3 is 14.8 Å². The van der Waals surface area contributed by atoms with Crippen molar-refractivity contribution in [1.29, 1.82) is 0 Å². The minimum atomic E-state index is -0.182. The first-order valence-corrected chi connectivity index (χ1v) is 13.0. The molecule has 0 radical (unpaired) electrons. The Hall–Kier alpha value is -3.34. The number of hydrogen-bond donors (Lipinski definition) is 1. The van der Waals surface area contributed by atoms with Crippen LogP contribution in [0.1, 0.15) is 31.1 Å². The first-order chi connectivity index (χ1) is 17.5. The second-order valence-corrected chi connectivity index (χ2v) is 9.27. The summed E-state index contributed by atoms with van der Waals surface area (Å²) in [4.78, 5) is 26.0. The standard InChI is InChI=1S/C26H32N6O3S/c1-5-31(6-2)18(3)16-27-26(33)19-14-22(29-24(15-19)35-12-11-34-4)20-17-28-32-10-9-21(30-25(20)32)23-8-7-13-36-23/h7-10,13-15,17-18H,5-6,11-12,16H2,1-4H3,(H,27,33). The molecular formula is C26H32N6O3S. The summed E-state index contributed by atoms with van der Waals surface area (Å²) in [6.45, 7) is 9.49. The van der Waals surface area contributed by atoms with E-state index in [9.17, 15) is 4.79 Å². The maximum absolute atomic E-state index is 13.2. The third kappa shape index (κ3) is 5.89. The zero-order chi connectivity index (χ0) is 25.5. The highest BCUT2D eigenvalue weighted by atomic mass is 32.1. The number of fused-ring (bicyclic) bond motifs is 1. The van der Waals surface area contributed by atoms with Crippen molar-refractivity contribution in [2.45, 2.75) is 26.8 Å². The predicted molar refractivity (Wildman–Crippen MR) is 142 cm³/mol. The van der Waals surface area contributed by atoms with Crippen molar-refractivity contribution in [3.63, 3.8) is 0 Å². The zero-order valence-electron chi connectivity index (χ0n) is 21.1. The molecule has 0 spiro atoms. The van der Waals surface area contributed by atoms with Crippen LogP contribution in [0.15, 0.2) is 48.1 Å². The molecule has 4 rings (SSSR count). The molecule has 0 aliphatic rings. The number of aromatic nitrogens is 4. The topological polar surface area (TPSA) is 93.9 Å². The van der Waals surface area contributed by atoms with Gasteiger partial charge in [-0.3, -0.25) is 9.69 Å². The molecule has 0 aliphatic heterocycles. The first-order valence-electron chi connectivity index (χ1n) is 12.1. The van der Waals surface area contributed by atoms with Gasteiger partial charge in [-0.15, -0.1) is 11.3 Å². The van der Waals surface area contributed by atoms with Gasteiger partial charge in [0.2, 0.25) is 5.88 Å². The fourth-order valence-corrected chi connectivity index (χ4v) is 4.70. The van der Waals surface area contributed by atoms with Crippen LogP contribution >= 0.6 is 11.3 Å². The van der Waals surface area contributed by atoms with Gasteiger partial charge in [-0.05, 0) is 43.6 Å². The molecule has 4 aromatic rings. The molecule has 10 heteroatoms. The quantitative estimate of drug-likeness (QED) is 0.289. The summed E-state index contributed by atoms with van der Waals surface area (Å²) in [6.07, 6.45) is 3.59. The summed E-state index contributed by atoms with van der Waals surface area (Å²) in [5.41, 5.74) is 3.26. The van der Waals surface area contributed by atoms with Crippen molar-refractivity contribution < 1.29 is 14.3 Å². The largest absolute Gasteiger partial charge is 0.475 e. The van der Waals surface area contributed by atoms with E-state index in [1.165, 1.54) is 0 Å². The normalized spacial score (nSPS) is 12.2. The second kappa shape index (κ2) is 12.1. The number of carbonyl (C=O) groups excluding carboxylic acids is 1. The van der Waals surface area contributed by atoms with E-state index in [4.69, 9.17) is 14.5 Å². The van der Waals surface area contributed by atoms with E-state index >= 15 is 0 Å². The van der Waals surface area contributed by atoms with Crippen LogP contribution in [0.3, 0.4) is 0 Å². The van der Waals surface area contributed by atoms with E-state index in [1.54, 1.807) is 41.3 Å². The van der Waals surface area contributed by atoms with Crippen molar-refractivity contribution in [3.05, 3.63) is 53.7 Å². The Balaban J connectivity index is 1.66. The van der Waals surface area contributed by atoms with Gasteiger partial charge in [0.1, 0.15) is 6.61 Å². The van der Waals surface area contributed by atoms with E-state index < -0.39 is 0 Å². The highest BCUT2D eigenvalue weighted by Gasteiger charge is 2.18. The van der Waals surface area contributed by atoms with Gasteiger partial charge in [0, 0.05) is 37.5 Å². The third-order valence-corrected chi connectivity index (χ3v) is 6.91. The summed E-state index contributed by atoms with van der Waals surface area (Å²) in [5.74, 6) is 0.165. The molecule has 9 nitrogen and oxygen atoms in total. The lowest BCUT2D eigenvalue weighted by molar-refractivity contribution is 0.0937. The summed E-state index contributed by atoms with van der Waals surface area (Å²) in [6, 6.07) is 9.61. The molecule has 1 amide bonds. The van der Waals surface area contributed by atoms with Crippen LogP contribution in [-0.4, -0.2) is 76.4 Å². The van der Waals surface area contributed by atoms with Crippen molar-refractivity contribution in [2.24, 2.45) is 0 Å². The number of thiophene rings is 1. The molecule has 0 aromatic carbocycles. The highest BCUT2D eigenvalue weighted by molar-refractivity contribution is 7.13. The number of rotatable bonds is 12. The van der Waals surface area contributed by atoms with Crippen molar-refractivity contribution in [2.75, 3.05) is 40.0 Å². The fourth-order valence-electron chi connectivity index (χ4n) is 4.01. The molecule has 0 aliphatic carbocycles. The number of nitrogens with zero attached hydrogens (tertiary/aromatic N) is 5. The molecule has 36 heavy (non-hydrogen) atoms. The summed E-state index contributed by atoms with van der Waals surface area (Å²) >= 11 is 1.63. The molecule has 4 aromatic heterocycles. The van der Waals surface area contributed by atoms with Gasteiger partial charge in [-0.25, -0.2) is 14.5 Å². The summed E-state index contributed by atoms with van der Waals surface area (Å²) in [5, 5.41) is 9.52. The number of methoxy groups -OCH3 is 1. The molecule has 1 N–H and O–H groups in total. The minimum absolute atomic E-state index is 0.182. The molecule has 1 atom stereocenters. The van der Waals surface area contributed by atoms with E-state index in [1.807, 2.05) is 29.8 Å². The van der Waals surface area contributed by atoms with E-state index in [2.05, 4.69) is 41.1 Å². The van der Waals surface area contributed by atoms with E-state index in [0.29, 0.717) is 42.5 Å². The Labute approximate surface area is 215 Å². The summed E-state index contributed by atoms with van der Waals surface area (Å²) in [7, 11) is 1.61. The highest BCUT2D eigenvalue weighted by Crippen LogP contribution is 2.28. The number of pyridine rings is 1. The van der Waals surface area contributed by atoms with Gasteiger partial charge in [-0.1, -0.05) is 19.9 Å². The van der Waals surface area contributed by atoms with Crippen LogP contribution in [0.2, 0.25) is 0 Å². The lowest BCUT2D eigenvalue weighted by Crippen LogP contribution is -2.42. The average Bonchev–Trinajstić information content (AvgIpc) is 3.58. The minimum Gasteiger partial charge on any atom is -0.475 e. The van der Waals surface area contributed by atoms with Crippen LogP contribution in [0.25, 0.3) is 27.5 Å². The molecule has 1 unspecified atom stereocenters. The number of likely N-dealkylation sites (N-methyl/N-ethyl adjacent to an activating group) is 1. The lowest BCUT2D eigenvalue weighted by Gasteiger charge is -2.26. The Morgan fingerprint density at radius 3 is 2.72 bits per heavy atom. The van der Waals surface area contributed by atoms with Crippen LogP contribution in [0.5, 0.6) is 5.88 Å². The van der Waals surface area contributed by atoms with Crippen LogP contribution in [-0.2, 0) is 4.74 Å². The molecule has 190 valence electrons. The second-order valence-electron chi connectivity index (χ2n) is 8.32. The number of ether oxygens (including phenoxy) is 2. The first kappa shape index (κ1) is 25.7. The van der Waals surface area contributed by atoms with Crippen LogP contribution in [0, 0.1) is 0 Å². The number of hydrogen-bond acceptors (Lipinski definition) is 8. The number of nitrogens with one attached hydrogen (secondary N) is 1. The molecule has 4 heterocycles. The van der Waals surface area contributed by atoms with Crippen LogP contribution in [0.4, 0.5) is 0 Å². The summed E-state index contributed by atoms with van der Waals surface area (Å²) < 4.78 is 12.6. The Morgan fingerprint density at radius 2 is 2.00 bits per heavy atom. The molecule has 0 saturated carbocycles. The zero-order valence-corrected chi connectivity index (χ0v) is 21.9. The smallest absolute Gasteiger partial charge is 0.251 e. The fraction of sp³-hybridized carbons (Fsp3) is 0.385. The maximum atomic E-state index is 13.2. The van der Waals surface area contributed by atoms with Gasteiger partial charge in [-0.2, -0.15) is 5.10 Å². The predicted octanol–water partition coefficient (Wildman–Crippen LogP) is 4.01. The van der Waals surface area contributed by atoms with Gasteiger partial charge in [0.15, 0.2) is 5.65 Å². The Morgan fingerprint density at radius 1 is 1.17 bits per heavy atom. The van der Waals surface area contributed by atoms with Gasteiger partial charge >= 0.3 is 0 Å². The Kier molecular flexibility index (Phi) is 8.63. The number of carbonyl (C=O) groups is 1. The van der Waals surface area contributed by atoms with Crippen molar-refractivity contribution >= 4 is 22.9 Å². The number of amides is 1. The maximum Gasteiger partial charge on any atom is 0.251 e. The van der Waals surface area contributed by atoms with Crippen molar-refractivity contribution in [1.82, 2.24) is 29.8 Å². The third-order valence-electron chi connectivity index (χ3n) is 6.01. The monoisotopic (exact) mass is 508 g/mol. The SMILES string of the molecule is CCN(CC)C(C)CNC(=O)c1cc(OCCOC)nc(-c2cnn3ccc(-c4cccs4)nc23)c1. The van der Waals surface area contributed by atoms with Gasteiger partial charge in [0.25, 0.3) is 5.91 Å². The molecule has 0 saturated heterocycles. The average molecular weight is 509 g/mol. The lowest BCUT2D eigenvalue weighted by atomic mass is 10.1. The van der Waals surface area contributed by atoms with E-state index in [-0.39, 0.29) is 11.9 Å². The molecular weight excluding hydrogens is 476 g/mol. The van der Waals surface area contributed by atoms with Crippen molar-refractivity contribution in [3.8, 4) is 27.7 Å². The van der Waals surface area contributed by atoms with Gasteiger partial charge in [0.05, 0.1) is 34.6 Å². The molecule has 0 fully saturated rings. The molecule has 0 bridgehead atoms.